The molecule has 5 rings (SSSR count). The highest BCUT2D eigenvalue weighted by atomic mass is 16.6. The normalized spacial score (nSPS) is 19.2. The number of carbonyl (C=O) groups is 3. The molecule has 0 unspecified atom stereocenters. The zero-order valence-electron chi connectivity index (χ0n) is 21.3. The van der Waals surface area contributed by atoms with Gasteiger partial charge in [-0.05, 0) is 39.0 Å². The van der Waals surface area contributed by atoms with Crippen LogP contribution >= 0.6 is 0 Å². The number of aromatic nitrogens is 4. The van der Waals surface area contributed by atoms with Crippen molar-refractivity contribution in [2.24, 2.45) is 0 Å². The maximum absolute atomic E-state index is 13.6. The van der Waals surface area contributed by atoms with Crippen LogP contribution in [0.4, 0.5) is 10.5 Å². The van der Waals surface area contributed by atoms with Gasteiger partial charge in [-0.25, -0.2) is 19.6 Å². The second kappa shape index (κ2) is 10.1. The Labute approximate surface area is 219 Å². The summed E-state index contributed by atoms with van der Waals surface area (Å²) in [6.07, 6.45) is 2.04. The predicted molar refractivity (Wildman–Crippen MR) is 133 cm³/mol. The van der Waals surface area contributed by atoms with Crippen LogP contribution in [0, 0.1) is 0 Å². The lowest BCUT2D eigenvalue weighted by Gasteiger charge is -2.31. The smallest absolute Gasteiger partial charge is 0.410 e. The molecule has 198 valence electrons. The van der Waals surface area contributed by atoms with Crippen molar-refractivity contribution in [3.63, 3.8) is 0 Å². The third-order valence-electron chi connectivity index (χ3n) is 6.04. The van der Waals surface area contributed by atoms with Gasteiger partial charge in [-0.3, -0.25) is 9.48 Å². The number of fused-ring (bicyclic) bond motifs is 1. The fraction of sp³-hybridized carbons (Fsp3) is 0.385. The van der Waals surface area contributed by atoms with Crippen molar-refractivity contribution in [1.82, 2.24) is 24.6 Å². The van der Waals surface area contributed by atoms with E-state index in [9.17, 15) is 14.4 Å². The number of ether oxygens (including phenoxy) is 3. The molecule has 0 N–H and O–H groups in total. The largest absolute Gasteiger partial charge is 0.454 e. The van der Waals surface area contributed by atoms with E-state index in [1.165, 1.54) is 17.3 Å². The molecule has 2 aliphatic rings. The molecular weight excluding hydrogens is 492 g/mol. The third kappa shape index (κ3) is 5.29. The van der Waals surface area contributed by atoms with Gasteiger partial charge < -0.3 is 24.0 Å². The number of benzene rings is 1. The topological polar surface area (TPSA) is 129 Å². The van der Waals surface area contributed by atoms with Crippen LogP contribution in [-0.2, 0) is 27.4 Å². The molecule has 2 aliphatic heterocycles. The van der Waals surface area contributed by atoms with Gasteiger partial charge >= 0.3 is 18.1 Å². The summed E-state index contributed by atoms with van der Waals surface area (Å²) < 4.78 is 18.8. The Morgan fingerprint density at radius 2 is 1.76 bits per heavy atom. The number of nitrogens with zero attached hydrogens (tertiary/aromatic N) is 6. The van der Waals surface area contributed by atoms with E-state index in [2.05, 4.69) is 15.1 Å². The molecule has 12 heteroatoms. The third-order valence-corrected chi connectivity index (χ3v) is 6.04. The molecule has 38 heavy (non-hydrogen) atoms. The maximum Gasteiger partial charge on any atom is 0.410 e. The van der Waals surface area contributed by atoms with Crippen molar-refractivity contribution in [3.8, 4) is 6.01 Å². The number of hydrogen-bond donors (Lipinski definition) is 0. The Hall–Kier alpha value is -4.48. The first-order valence-electron chi connectivity index (χ1n) is 12.2. The lowest BCUT2D eigenvalue weighted by atomic mass is 10.2. The summed E-state index contributed by atoms with van der Waals surface area (Å²) in [5.74, 6) is -1.12. The van der Waals surface area contributed by atoms with Crippen LogP contribution in [0.5, 0.6) is 6.01 Å². The Morgan fingerprint density at radius 1 is 1.03 bits per heavy atom. The Bertz CT molecular complexity index is 1320. The summed E-state index contributed by atoms with van der Waals surface area (Å²) in [7, 11) is 0. The summed E-state index contributed by atoms with van der Waals surface area (Å²) in [4.78, 5) is 50.4. The molecule has 1 aromatic carbocycles. The number of carbonyl (C=O) groups excluding carboxylic acids is 3. The van der Waals surface area contributed by atoms with Gasteiger partial charge in [-0.15, -0.1) is 0 Å². The quantitative estimate of drug-likeness (QED) is 0.466. The van der Waals surface area contributed by atoms with Gasteiger partial charge in [0.05, 0.1) is 42.8 Å². The van der Waals surface area contributed by atoms with Crippen molar-refractivity contribution >= 4 is 23.7 Å². The van der Waals surface area contributed by atoms with Crippen molar-refractivity contribution in [2.45, 2.75) is 51.7 Å². The summed E-state index contributed by atoms with van der Waals surface area (Å²) in [5, 5.41) is 4.42. The van der Waals surface area contributed by atoms with E-state index in [-0.39, 0.29) is 19.1 Å². The zero-order chi connectivity index (χ0) is 26.9. The number of rotatable bonds is 5. The molecule has 3 aromatic rings. The molecule has 0 radical (unpaired) electrons. The first kappa shape index (κ1) is 25.2. The zero-order valence-corrected chi connectivity index (χ0v) is 21.3. The second-order valence-corrected chi connectivity index (χ2v) is 9.93. The molecule has 12 nitrogen and oxygen atoms in total. The standard InChI is InChI=1S/C26H28N6O6/c1-26(2,3)38-25(35)30-12-13-32-19(15-30)18(14-29-32)31-16-20(36-24-27-10-7-11-28-24)21(22(31)33)37-23(34)17-8-5-4-6-9-17/h4-11,14,20-21H,12-13,15-16H2,1-3H3/t20-,21+/m1/s1. The highest BCUT2D eigenvalue weighted by molar-refractivity contribution is 6.02. The average Bonchev–Trinajstić information content (AvgIpc) is 3.44. The average molecular weight is 521 g/mol. The van der Waals surface area contributed by atoms with Crippen LogP contribution in [-0.4, -0.2) is 73.5 Å². The molecule has 1 fully saturated rings. The monoisotopic (exact) mass is 520 g/mol. The van der Waals surface area contributed by atoms with E-state index in [1.54, 1.807) is 72.9 Å². The van der Waals surface area contributed by atoms with E-state index in [4.69, 9.17) is 14.2 Å². The summed E-state index contributed by atoms with van der Waals surface area (Å²) >= 11 is 0. The van der Waals surface area contributed by atoms with Gasteiger partial charge in [0.25, 0.3) is 5.91 Å². The highest BCUT2D eigenvalue weighted by Gasteiger charge is 2.47. The van der Waals surface area contributed by atoms with Gasteiger partial charge in [-0.2, -0.15) is 5.10 Å². The molecule has 2 atom stereocenters. The minimum atomic E-state index is -1.24. The Morgan fingerprint density at radius 3 is 2.47 bits per heavy atom. The minimum Gasteiger partial charge on any atom is -0.454 e. The predicted octanol–water partition coefficient (Wildman–Crippen LogP) is 2.44. The van der Waals surface area contributed by atoms with Gasteiger partial charge in [0, 0.05) is 18.9 Å². The van der Waals surface area contributed by atoms with E-state index in [0.717, 1.165) is 0 Å². The Kier molecular flexibility index (Phi) is 6.70. The van der Waals surface area contributed by atoms with E-state index in [1.807, 2.05) is 0 Å². The number of anilines is 1. The molecule has 0 spiro atoms. The molecule has 2 aromatic heterocycles. The van der Waals surface area contributed by atoms with Crippen LogP contribution in [0.1, 0.15) is 36.8 Å². The number of esters is 1. The minimum absolute atomic E-state index is 0.0565. The lowest BCUT2D eigenvalue weighted by molar-refractivity contribution is -0.127. The van der Waals surface area contributed by atoms with E-state index < -0.39 is 35.8 Å². The fourth-order valence-electron chi connectivity index (χ4n) is 4.30. The summed E-state index contributed by atoms with van der Waals surface area (Å²) in [6.45, 7) is 6.56. The van der Waals surface area contributed by atoms with Crippen LogP contribution in [0.15, 0.2) is 55.0 Å². The first-order valence-corrected chi connectivity index (χ1v) is 12.2. The molecule has 1 saturated heterocycles. The van der Waals surface area contributed by atoms with Crippen molar-refractivity contribution in [1.29, 1.82) is 0 Å². The molecular formula is C26H28N6O6. The molecule has 0 bridgehead atoms. The van der Waals surface area contributed by atoms with Crippen LogP contribution in [0.25, 0.3) is 0 Å². The highest BCUT2D eigenvalue weighted by Crippen LogP contribution is 2.31. The molecule has 0 aliphatic carbocycles. The maximum atomic E-state index is 13.6. The molecule has 4 heterocycles. The fourth-order valence-corrected chi connectivity index (χ4v) is 4.30. The number of hydrogen-bond acceptors (Lipinski definition) is 9. The van der Waals surface area contributed by atoms with Crippen LogP contribution in [0.2, 0.25) is 0 Å². The van der Waals surface area contributed by atoms with Crippen LogP contribution < -0.4 is 9.64 Å². The van der Waals surface area contributed by atoms with E-state index in [0.29, 0.717) is 30.0 Å². The van der Waals surface area contributed by atoms with Crippen LogP contribution in [0.3, 0.4) is 0 Å². The van der Waals surface area contributed by atoms with Crippen molar-refractivity contribution < 1.29 is 28.6 Å². The van der Waals surface area contributed by atoms with Gasteiger partial charge in [0.2, 0.25) is 6.10 Å². The van der Waals surface area contributed by atoms with Gasteiger partial charge in [-0.1, -0.05) is 18.2 Å². The first-order chi connectivity index (χ1) is 18.2. The van der Waals surface area contributed by atoms with Gasteiger partial charge in [0.1, 0.15) is 5.60 Å². The van der Waals surface area contributed by atoms with Crippen molar-refractivity contribution in [2.75, 3.05) is 18.0 Å². The van der Waals surface area contributed by atoms with E-state index >= 15 is 0 Å². The summed E-state index contributed by atoms with van der Waals surface area (Å²) in [6, 6.07) is 10.1. The second-order valence-electron chi connectivity index (χ2n) is 9.93. The lowest BCUT2D eigenvalue weighted by Crippen LogP contribution is -2.42. The number of amides is 2. The van der Waals surface area contributed by atoms with Crippen molar-refractivity contribution in [3.05, 3.63) is 66.2 Å². The molecule has 0 saturated carbocycles. The van der Waals surface area contributed by atoms with Gasteiger partial charge in [0.15, 0.2) is 6.10 Å². The molecule has 2 amide bonds. The Balaban J connectivity index is 1.40. The summed E-state index contributed by atoms with van der Waals surface area (Å²) in [5.41, 5.74) is 0.844. The SMILES string of the molecule is CC(C)(C)OC(=O)N1CCn2ncc(N3C[C@@H](Oc4ncccn4)[C@H](OC(=O)c4ccccc4)C3=O)c2C1.